The molecule has 5 heteroatoms. The van der Waals surface area contributed by atoms with E-state index in [1.165, 1.54) is 0 Å². The largest absolute Gasteiger partial charge is 0.390 e. The van der Waals surface area contributed by atoms with E-state index in [1.807, 2.05) is 35.2 Å². The molecule has 0 aliphatic carbocycles. The summed E-state index contributed by atoms with van der Waals surface area (Å²) in [5, 5.41) is 3.44. The molecule has 1 aliphatic rings. The number of rotatable bonds is 3. The second-order valence-corrected chi connectivity index (χ2v) is 5.76. The van der Waals surface area contributed by atoms with Gasteiger partial charge < -0.3 is 5.32 Å². The molecule has 1 aromatic carbocycles. The SMILES string of the molecule is CC(CC(F)(F)F)N1CCNC(C)(c2ccccc2)C1. The average molecular weight is 286 g/mol. The number of nitrogens with one attached hydrogen (secondary N) is 1. The average Bonchev–Trinajstić information content (AvgIpc) is 2.38. The van der Waals surface area contributed by atoms with Crippen molar-refractivity contribution in [2.24, 2.45) is 0 Å². The third-order valence-corrected chi connectivity index (χ3v) is 3.99. The first kappa shape index (κ1) is 15.3. The van der Waals surface area contributed by atoms with Crippen LogP contribution >= 0.6 is 0 Å². The van der Waals surface area contributed by atoms with Crippen LogP contribution in [0.4, 0.5) is 13.2 Å². The van der Waals surface area contributed by atoms with Crippen LogP contribution in [0.2, 0.25) is 0 Å². The lowest BCUT2D eigenvalue weighted by atomic mass is 9.89. The van der Waals surface area contributed by atoms with E-state index in [9.17, 15) is 13.2 Å². The quantitative estimate of drug-likeness (QED) is 0.918. The van der Waals surface area contributed by atoms with Gasteiger partial charge in [-0.15, -0.1) is 0 Å². The number of hydrogen-bond donors (Lipinski definition) is 1. The van der Waals surface area contributed by atoms with Gasteiger partial charge >= 0.3 is 6.18 Å². The smallest absolute Gasteiger partial charge is 0.305 e. The number of hydrogen-bond acceptors (Lipinski definition) is 2. The molecule has 0 radical (unpaired) electrons. The Morgan fingerprint density at radius 1 is 1.30 bits per heavy atom. The Bertz CT molecular complexity index is 432. The van der Waals surface area contributed by atoms with Crippen LogP contribution in [0.3, 0.4) is 0 Å². The predicted octanol–water partition coefficient (Wildman–Crippen LogP) is 3.15. The monoisotopic (exact) mass is 286 g/mol. The van der Waals surface area contributed by atoms with Crippen LogP contribution in [0.25, 0.3) is 0 Å². The summed E-state index contributed by atoms with van der Waals surface area (Å²) in [5.41, 5.74) is 0.822. The van der Waals surface area contributed by atoms with Crippen molar-refractivity contribution in [2.45, 2.75) is 38.0 Å². The molecule has 0 bridgehead atoms. The van der Waals surface area contributed by atoms with Crippen LogP contribution in [-0.2, 0) is 5.54 Å². The van der Waals surface area contributed by atoms with Crippen LogP contribution in [0, 0.1) is 0 Å². The Hall–Kier alpha value is -1.07. The molecule has 1 aromatic rings. The fourth-order valence-electron chi connectivity index (χ4n) is 2.86. The topological polar surface area (TPSA) is 15.3 Å². The van der Waals surface area contributed by atoms with E-state index in [4.69, 9.17) is 0 Å². The molecule has 0 aromatic heterocycles. The van der Waals surface area contributed by atoms with Crippen molar-refractivity contribution in [1.82, 2.24) is 10.2 Å². The number of piperazine rings is 1. The molecule has 112 valence electrons. The van der Waals surface area contributed by atoms with Crippen molar-refractivity contribution in [3.8, 4) is 0 Å². The highest BCUT2D eigenvalue weighted by Crippen LogP contribution is 2.29. The van der Waals surface area contributed by atoms with E-state index < -0.39 is 18.6 Å². The van der Waals surface area contributed by atoms with Gasteiger partial charge in [0.05, 0.1) is 12.0 Å². The summed E-state index contributed by atoms with van der Waals surface area (Å²) >= 11 is 0. The minimum atomic E-state index is -4.10. The molecule has 2 atom stereocenters. The second kappa shape index (κ2) is 5.74. The highest BCUT2D eigenvalue weighted by molar-refractivity contribution is 5.25. The van der Waals surface area contributed by atoms with Gasteiger partial charge in [-0.05, 0) is 19.4 Å². The van der Waals surface area contributed by atoms with Gasteiger partial charge in [-0.3, -0.25) is 4.90 Å². The normalized spacial score (nSPS) is 26.4. The fourth-order valence-corrected chi connectivity index (χ4v) is 2.86. The molecule has 2 unspecified atom stereocenters. The van der Waals surface area contributed by atoms with Gasteiger partial charge in [0.2, 0.25) is 0 Å². The molecular formula is C15H21F3N2. The molecule has 1 saturated heterocycles. The van der Waals surface area contributed by atoms with Crippen LogP contribution < -0.4 is 5.32 Å². The molecule has 1 aliphatic heterocycles. The van der Waals surface area contributed by atoms with Crippen molar-refractivity contribution in [3.05, 3.63) is 35.9 Å². The maximum absolute atomic E-state index is 12.5. The summed E-state index contributed by atoms with van der Waals surface area (Å²) in [7, 11) is 0. The molecular weight excluding hydrogens is 265 g/mol. The molecule has 20 heavy (non-hydrogen) atoms. The van der Waals surface area contributed by atoms with Crippen LogP contribution in [-0.4, -0.2) is 36.8 Å². The van der Waals surface area contributed by atoms with E-state index in [0.29, 0.717) is 19.6 Å². The standard InChI is InChI=1S/C15H21F3N2/c1-12(10-15(16,17)18)20-9-8-19-14(2,11-20)13-6-4-3-5-7-13/h3-7,12,19H,8-11H2,1-2H3. The van der Waals surface area contributed by atoms with E-state index in [1.54, 1.807) is 6.92 Å². The van der Waals surface area contributed by atoms with Gasteiger partial charge in [0, 0.05) is 25.7 Å². The van der Waals surface area contributed by atoms with Gasteiger partial charge in [0.1, 0.15) is 0 Å². The zero-order valence-corrected chi connectivity index (χ0v) is 11.9. The lowest BCUT2D eigenvalue weighted by Gasteiger charge is -2.44. The Labute approximate surface area is 118 Å². The summed E-state index contributed by atoms with van der Waals surface area (Å²) in [6, 6.07) is 9.41. The lowest BCUT2D eigenvalue weighted by Crippen LogP contribution is -2.59. The van der Waals surface area contributed by atoms with Gasteiger partial charge in [-0.1, -0.05) is 30.3 Å². The lowest BCUT2D eigenvalue weighted by molar-refractivity contribution is -0.147. The van der Waals surface area contributed by atoms with Gasteiger partial charge in [-0.2, -0.15) is 13.2 Å². The minimum Gasteiger partial charge on any atom is -0.305 e. The number of benzene rings is 1. The molecule has 1 fully saturated rings. The van der Waals surface area contributed by atoms with Crippen molar-refractivity contribution in [3.63, 3.8) is 0 Å². The summed E-state index contributed by atoms with van der Waals surface area (Å²) in [5.74, 6) is 0. The molecule has 2 nitrogen and oxygen atoms in total. The predicted molar refractivity (Wildman–Crippen MR) is 73.5 cm³/mol. The van der Waals surface area contributed by atoms with Crippen molar-refractivity contribution in [2.75, 3.05) is 19.6 Å². The molecule has 1 N–H and O–H groups in total. The Kier molecular flexibility index (Phi) is 4.39. The summed E-state index contributed by atoms with van der Waals surface area (Å²) in [6.07, 6.45) is -4.86. The summed E-state index contributed by atoms with van der Waals surface area (Å²) in [4.78, 5) is 1.93. The molecule has 2 rings (SSSR count). The fraction of sp³-hybridized carbons (Fsp3) is 0.600. The molecule has 0 amide bonds. The first-order valence-electron chi connectivity index (χ1n) is 6.91. The Morgan fingerprint density at radius 2 is 1.95 bits per heavy atom. The van der Waals surface area contributed by atoms with E-state index >= 15 is 0 Å². The number of alkyl halides is 3. The maximum Gasteiger partial charge on any atom is 0.390 e. The first-order chi connectivity index (χ1) is 9.30. The van der Waals surface area contributed by atoms with Crippen molar-refractivity contribution in [1.29, 1.82) is 0 Å². The van der Waals surface area contributed by atoms with E-state index in [0.717, 1.165) is 5.56 Å². The Morgan fingerprint density at radius 3 is 2.55 bits per heavy atom. The zero-order valence-electron chi connectivity index (χ0n) is 11.9. The van der Waals surface area contributed by atoms with Crippen LogP contribution in [0.5, 0.6) is 0 Å². The zero-order chi connectivity index (χ0) is 14.8. The van der Waals surface area contributed by atoms with Crippen molar-refractivity contribution >= 4 is 0 Å². The highest BCUT2D eigenvalue weighted by Gasteiger charge is 2.37. The minimum absolute atomic E-state index is 0.292. The van der Waals surface area contributed by atoms with Gasteiger partial charge in [0.15, 0.2) is 0 Å². The molecule has 0 spiro atoms. The van der Waals surface area contributed by atoms with Gasteiger partial charge in [0.25, 0.3) is 0 Å². The third-order valence-electron chi connectivity index (χ3n) is 3.99. The summed E-state index contributed by atoms with van der Waals surface area (Å²) < 4.78 is 37.6. The number of halogens is 3. The highest BCUT2D eigenvalue weighted by atomic mass is 19.4. The first-order valence-corrected chi connectivity index (χ1v) is 6.91. The number of nitrogens with zero attached hydrogens (tertiary/aromatic N) is 1. The van der Waals surface area contributed by atoms with Crippen LogP contribution in [0.1, 0.15) is 25.8 Å². The molecule has 0 saturated carbocycles. The van der Waals surface area contributed by atoms with Crippen LogP contribution in [0.15, 0.2) is 30.3 Å². The third kappa shape index (κ3) is 3.73. The van der Waals surface area contributed by atoms with E-state index in [2.05, 4.69) is 12.2 Å². The van der Waals surface area contributed by atoms with E-state index in [-0.39, 0.29) is 5.54 Å². The van der Waals surface area contributed by atoms with Gasteiger partial charge in [-0.25, -0.2) is 0 Å². The molecule has 1 heterocycles. The summed E-state index contributed by atoms with van der Waals surface area (Å²) in [6.45, 7) is 5.65. The van der Waals surface area contributed by atoms with Crippen molar-refractivity contribution < 1.29 is 13.2 Å². The Balaban J connectivity index is 2.08. The maximum atomic E-state index is 12.5. The second-order valence-electron chi connectivity index (χ2n) is 5.76.